The number of amides is 2. The first kappa shape index (κ1) is 22.2. The summed E-state index contributed by atoms with van der Waals surface area (Å²) in [5, 5.41) is 2.86. The van der Waals surface area contributed by atoms with Crippen molar-refractivity contribution in [3.8, 4) is 0 Å². The van der Waals surface area contributed by atoms with Crippen LogP contribution in [0, 0.1) is 24.5 Å². The minimum atomic E-state index is -0.887. The molecule has 0 aliphatic carbocycles. The number of piperazine rings is 1. The molecule has 170 valence electrons. The third-order valence-electron chi connectivity index (χ3n) is 6.33. The lowest BCUT2D eigenvalue weighted by molar-refractivity contribution is -0.129. The lowest BCUT2D eigenvalue weighted by Crippen LogP contribution is -2.46. The van der Waals surface area contributed by atoms with Gasteiger partial charge in [-0.15, -0.1) is 0 Å². The predicted octanol–water partition coefficient (Wildman–Crippen LogP) is 3.41. The average Bonchev–Trinajstić information content (AvgIpc) is 3.16. The number of halogens is 2. The maximum Gasteiger partial charge on any atom is 0.239 e. The molecule has 32 heavy (non-hydrogen) atoms. The number of nitrogens with zero attached hydrogens (tertiary/aromatic N) is 3. The standard InChI is InChI=1S/C24H28F2N4O2/c1-3-28-8-10-29(11-9-28)19-4-5-22(16(2)12-19)27-23(31)21-6-7-30(24(21)32)20-14-17(25)13-18(26)15-20/h4-5,12-15,21H,3,6-11H2,1-2H3,(H,27,31). The fraction of sp³-hybridized carbons (Fsp3) is 0.417. The predicted molar refractivity (Wildman–Crippen MR) is 121 cm³/mol. The van der Waals surface area contributed by atoms with Crippen LogP contribution in [0.1, 0.15) is 18.9 Å². The molecule has 0 aromatic heterocycles. The smallest absolute Gasteiger partial charge is 0.239 e. The summed E-state index contributed by atoms with van der Waals surface area (Å²) in [6.45, 7) is 9.39. The van der Waals surface area contributed by atoms with E-state index in [1.54, 1.807) is 0 Å². The van der Waals surface area contributed by atoms with Gasteiger partial charge in [0.1, 0.15) is 17.6 Å². The zero-order chi connectivity index (χ0) is 22.8. The quantitative estimate of drug-likeness (QED) is 0.722. The van der Waals surface area contributed by atoms with Crippen molar-refractivity contribution in [3.05, 3.63) is 53.6 Å². The van der Waals surface area contributed by atoms with E-state index in [-0.39, 0.29) is 12.2 Å². The summed E-state index contributed by atoms with van der Waals surface area (Å²) in [7, 11) is 0. The Morgan fingerprint density at radius 3 is 2.31 bits per heavy atom. The van der Waals surface area contributed by atoms with Gasteiger partial charge in [-0.1, -0.05) is 6.92 Å². The summed E-state index contributed by atoms with van der Waals surface area (Å²) >= 11 is 0. The van der Waals surface area contributed by atoms with Crippen LogP contribution in [0.4, 0.5) is 25.8 Å². The molecule has 2 amide bonds. The summed E-state index contributed by atoms with van der Waals surface area (Å²) in [6, 6.07) is 8.87. The van der Waals surface area contributed by atoms with Gasteiger partial charge in [-0.2, -0.15) is 0 Å². The van der Waals surface area contributed by atoms with Crippen LogP contribution in [0.25, 0.3) is 0 Å². The second kappa shape index (κ2) is 9.24. The van der Waals surface area contributed by atoms with Gasteiger partial charge < -0.3 is 20.0 Å². The first-order valence-corrected chi connectivity index (χ1v) is 11.0. The molecule has 0 radical (unpaired) electrons. The molecule has 0 saturated carbocycles. The minimum absolute atomic E-state index is 0.131. The number of likely N-dealkylation sites (N-methyl/N-ethyl adjacent to an activating group) is 1. The highest BCUT2D eigenvalue weighted by Gasteiger charge is 2.38. The van der Waals surface area contributed by atoms with E-state index < -0.39 is 29.4 Å². The van der Waals surface area contributed by atoms with Crippen molar-refractivity contribution in [2.45, 2.75) is 20.3 Å². The van der Waals surface area contributed by atoms with E-state index in [1.165, 1.54) is 4.90 Å². The van der Waals surface area contributed by atoms with Crippen molar-refractivity contribution in [1.82, 2.24) is 4.90 Å². The van der Waals surface area contributed by atoms with Gasteiger partial charge in [0.15, 0.2) is 0 Å². The highest BCUT2D eigenvalue weighted by molar-refractivity contribution is 6.13. The maximum atomic E-state index is 13.5. The van der Waals surface area contributed by atoms with Crippen molar-refractivity contribution >= 4 is 28.9 Å². The fourth-order valence-corrected chi connectivity index (χ4v) is 4.40. The van der Waals surface area contributed by atoms with Crippen molar-refractivity contribution in [2.24, 2.45) is 5.92 Å². The molecule has 1 N–H and O–H groups in total. The zero-order valence-electron chi connectivity index (χ0n) is 18.4. The number of benzene rings is 2. The van der Waals surface area contributed by atoms with Gasteiger partial charge in [0.2, 0.25) is 11.8 Å². The maximum absolute atomic E-state index is 13.5. The summed E-state index contributed by atoms with van der Waals surface area (Å²) in [6.07, 6.45) is 0.293. The van der Waals surface area contributed by atoms with Crippen LogP contribution >= 0.6 is 0 Å². The fourth-order valence-electron chi connectivity index (χ4n) is 4.40. The molecule has 6 nitrogen and oxygen atoms in total. The Kier molecular flexibility index (Phi) is 6.41. The van der Waals surface area contributed by atoms with E-state index in [0.29, 0.717) is 12.1 Å². The second-order valence-corrected chi connectivity index (χ2v) is 8.37. The number of hydrogen-bond acceptors (Lipinski definition) is 4. The highest BCUT2D eigenvalue weighted by atomic mass is 19.1. The first-order chi connectivity index (χ1) is 15.4. The molecule has 0 spiro atoms. The highest BCUT2D eigenvalue weighted by Crippen LogP contribution is 2.29. The molecule has 2 saturated heterocycles. The zero-order valence-corrected chi connectivity index (χ0v) is 18.4. The normalized spacial score (nSPS) is 19.5. The summed E-state index contributed by atoms with van der Waals surface area (Å²) < 4.78 is 27.1. The van der Waals surface area contributed by atoms with E-state index >= 15 is 0 Å². The lowest BCUT2D eigenvalue weighted by atomic mass is 10.1. The number of carbonyl (C=O) groups excluding carboxylic acids is 2. The van der Waals surface area contributed by atoms with Gasteiger partial charge in [0, 0.05) is 55.9 Å². The molecular weight excluding hydrogens is 414 g/mol. The Morgan fingerprint density at radius 2 is 1.69 bits per heavy atom. The van der Waals surface area contributed by atoms with Crippen LogP contribution in [0.5, 0.6) is 0 Å². The molecule has 2 aliphatic rings. The molecular formula is C24H28F2N4O2. The van der Waals surface area contributed by atoms with Crippen molar-refractivity contribution < 1.29 is 18.4 Å². The van der Waals surface area contributed by atoms with Crippen LogP contribution in [0.2, 0.25) is 0 Å². The second-order valence-electron chi connectivity index (χ2n) is 8.37. The van der Waals surface area contributed by atoms with E-state index in [9.17, 15) is 18.4 Å². The number of aryl methyl sites for hydroxylation is 1. The Bertz CT molecular complexity index is 1000. The third-order valence-corrected chi connectivity index (χ3v) is 6.33. The Labute approximate surface area is 186 Å². The Hall–Kier alpha value is -3.00. The molecule has 1 unspecified atom stereocenters. The van der Waals surface area contributed by atoms with Crippen molar-refractivity contribution in [3.63, 3.8) is 0 Å². The number of rotatable bonds is 5. The molecule has 4 rings (SSSR count). The van der Waals surface area contributed by atoms with E-state index in [2.05, 4.69) is 28.1 Å². The van der Waals surface area contributed by atoms with Gasteiger partial charge in [0.25, 0.3) is 0 Å². The lowest BCUT2D eigenvalue weighted by Gasteiger charge is -2.35. The van der Waals surface area contributed by atoms with Crippen LogP contribution in [-0.2, 0) is 9.59 Å². The molecule has 1 atom stereocenters. The largest absolute Gasteiger partial charge is 0.369 e. The summed E-state index contributed by atoms with van der Waals surface area (Å²) in [5.41, 5.74) is 2.83. The van der Waals surface area contributed by atoms with E-state index in [1.807, 2.05) is 19.1 Å². The summed E-state index contributed by atoms with van der Waals surface area (Å²) in [5.74, 6) is -3.25. The average molecular weight is 443 g/mol. The molecule has 8 heteroatoms. The van der Waals surface area contributed by atoms with E-state index in [0.717, 1.165) is 62.2 Å². The molecule has 0 bridgehead atoms. The topological polar surface area (TPSA) is 55.9 Å². The molecule has 2 aromatic carbocycles. The molecule has 2 heterocycles. The van der Waals surface area contributed by atoms with Gasteiger partial charge in [-0.25, -0.2) is 8.78 Å². The van der Waals surface area contributed by atoms with Crippen molar-refractivity contribution in [1.29, 1.82) is 0 Å². The number of nitrogens with one attached hydrogen (secondary N) is 1. The molecule has 2 aliphatic heterocycles. The van der Waals surface area contributed by atoms with Crippen molar-refractivity contribution in [2.75, 3.05) is 54.4 Å². The summed E-state index contributed by atoms with van der Waals surface area (Å²) in [4.78, 5) is 31.6. The third kappa shape index (κ3) is 4.60. The van der Waals surface area contributed by atoms with Gasteiger partial charge in [0.05, 0.1) is 0 Å². The number of hydrogen-bond donors (Lipinski definition) is 1. The minimum Gasteiger partial charge on any atom is -0.369 e. The Balaban J connectivity index is 1.41. The van der Waals surface area contributed by atoms with E-state index in [4.69, 9.17) is 0 Å². The SMILES string of the molecule is CCN1CCN(c2ccc(NC(=O)C3CCN(c4cc(F)cc(F)c4)C3=O)c(C)c2)CC1. The van der Waals surface area contributed by atoms with Gasteiger partial charge in [-0.05, 0) is 55.8 Å². The monoisotopic (exact) mass is 442 g/mol. The number of anilines is 3. The van der Waals surface area contributed by atoms with Crippen LogP contribution in [0.15, 0.2) is 36.4 Å². The van der Waals surface area contributed by atoms with Gasteiger partial charge >= 0.3 is 0 Å². The first-order valence-electron chi connectivity index (χ1n) is 11.0. The molecule has 2 fully saturated rings. The Morgan fingerprint density at radius 1 is 1.00 bits per heavy atom. The van der Waals surface area contributed by atoms with Crippen LogP contribution < -0.4 is 15.1 Å². The number of carbonyl (C=O) groups is 2. The van der Waals surface area contributed by atoms with Crippen LogP contribution in [-0.4, -0.2) is 56.0 Å². The van der Waals surface area contributed by atoms with Crippen LogP contribution in [0.3, 0.4) is 0 Å². The van der Waals surface area contributed by atoms with Gasteiger partial charge in [-0.3, -0.25) is 9.59 Å². The molecule has 2 aromatic rings.